The van der Waals surface area contributed by atoms with Crippen LogP contribution in [0.1, 0.15) is 38.1 Å². The van der Waals surface area contributed by atoms with Crippen LogP contribution in [-0.4, -0.2) is 43.3 Å². The summed E-state index contributed by atoms with van der Waals surface area (Å²) in [6.07, 6.45) is -3.16. The quantitative estimate of drug-likeness (QED) is 0.189. The molecule has 3 aromatic heterocycles. The molecule has 1 N–H and O–H groups in total. The van der Waals surface area contributed by atoms with E-state index in [-0.39, 0.29) is 52.4 Å². The molecule has 43 heavy (non-hydrogen) atoms. The second kappa shape index (κ2) is 11.3. The molecule has 0 aliphatic carbocycles. The van der Waals surface area contributed by atoms with E-state index in [0.717, 1.165) is 24.8 Å². The second-order valence-electron chi connectivity index (χ2n) is 9.79. The smallest absolute Gasteiger partial charge is 0.427 e. The first kappa shape index (κ1) is 28.7. The molecule has 1 aliphatic rings. The number of carbonyl (C=O) groups is 1. The molecule has 6 rings (SSSR count). The van der Waals surface area contributed by atoms with Gasteiger partial charge in [-0.3, -0.25) is 0 Å². The van der Waals surface area contributed by atoms with E-state index in [4.69, 9.17) is 9.47 Å². The van der Waals surface area contributed by atoms with Crippen LogP contribution in [0.15, 0.2) is 54.7 Å². The van der Waals surface area contributed by atoms with Crippen molar-refractivity contribution in [3.05, 3.63) is 93.2 Å². The van der Waals surface area contributed by atoms with Gasteiger partial charge in [-0.25, -0.2) is 28.5 Å². The zero-order valence-corrected chi connectivity index (χ0v) is 22.9. The Morgan fingerprint density at radius 1 is 1.12 bits per heavy atom. The number of nitrogens with zero attached hydrogens (tertiary/aromatic N) is 4. The summed E-state index contributed by atoms with van der Waals surface area (Å²) in [6, 6.07) is 11.0. The Kier molecular flexibility index (Phi) is 7.56. The topological polar surface area (TPSA) is 99.4 Å². The zero-order valence-electron chi connectivity index (χ0n) is 22.1. The van der Waals surface area contributed by atoms with Crippen molar-refractivity contribution in [2.75, 3.05) is 6.61 Å². The zero-order chi connectivity index (χ0) is 30.3. The summed E-state index contributed by atoms with van der Waals surface area (Å²) in [7, 11) is 0. The highest BCUT2D eigenvalue weighted by molar-refractivity contribution is 7.11. The molecule has 0 spiro atoms. The molecule has 0 radical (unpaired) electrons. The van der Waals surface area contributed by atoms with Crippen LogP contribution in [-0.2, 0) is 30.5 Å². The minimum absolute atomic E-state index is 0.00203. The van der Waals surface area contributed by atoms with Crippen molar-refractivity contribution in [1.29, 1.82) is 0 Å². The van der Waals surface area contributed by atoms with Gasteiger partial charge in [0.05, 0.1) is 41.1 Å². The minimum Gasteiger partial charge on any atom is -0.478 e. The predicted molar refractivity (Wildman–Crippen MR) is 145 cm³/mol. The number of rotatable bonds is 9. The molecule has 1 aliphatic heterocycles. The lowest BCUT2D eigenvalue weighted by atomic mass is 10.0. The van der Waals surface area contributed by atoms with Gasteiger partial charge in [0.25, 0.3) is 0 Å². The highest BCUT2D eigenvalue weighted by atomic mass is 32.1. The number of ether oxygens (including phenoxy) is 2. The largest absolute Gasteiger partial charge is 0.478 e. The van der Waals surface area contributed by atoms with Crippen molar-refractivity contribution in [2.45, 2.75) is 38.3 Å². The summed E-state index contributed by atoms with van der Waals surface area (Å²) >= 11 is 0.440. The third kappa shape index (κ3) is 6.06. The number of fused-ring (bicyclic) bond motifs is 1. The molecule has 0 bridgehead atoms. The number of aromatic nitrogens is 4. The Morgan fingerprint density at radius 2 is 1.93 bits per heavy atom. The molecule has 8 nitrogen and oxygen atoms in total. The van der Waals surface area contributed by atoms with Crippen LogP contribution in [0.5, 0.6) is 5.88 Å². The number of thiazole rings is 1. The SMILES string of the molecule is O=C(O)c1ccc2nc(Cc3cc(F)c(-c4cccc(OCc5ncc(C(F)(F)F)s5)n4)cc3F)n(C[C@@H]3CCO3)c2c1. The molecular formula is C29H21F5N4O4S. The number of benzene rings is 2. The number of carboxylic acid groups (broad SMARTS) is 1. The monoisotopic (exact) mass is 616 g/mol. The van der Waals surface area contributed by atoms with Gasteiger partial charge in [-0.05, 0) is 48.4 Å². The maximum atomic E-state index is 15.4. The van der Waals surface area contributed by atoms with Gasteiger partial charge in [-0.2, -0.15) is 13.2 Å². The molecular weight excluding hydrogens is 595 g/mol. The molecule has 0 amide bonds. The Hall–Kier alpha value is -4.43. The van der Waals surface area contributed by atoms with Crippen LogP contribution in [0.4, 0.5) is 22.0 Å². The second-order valence-corrected chi connectivity index (χ2v) is 10.9. The number of hydrogen-bond donors (Lipinski definition) is 1. The van der Waals surface area contributed by atoms with Crippen LogP contribution in [0.3, 0.4) is 0 Å². The van der Waals surface area contributed by atoms with Crippen LogP contribution in [0.25, 0.3) is 22.3 Å². The van der Waals surface area contributed by atoms with Gasteiger partial charge in [0.15, 0.2) is 0 Å². The summed E-state index contributed by atoms with van der Waals surface area (Å²) in [5, 5.41) is 9.51. The van der Waals surface area contributed by atoms with Crippen molar-refractivity contribution in [2.24, 2.45) is 0 Å². The van der Waals surface area contributed by atoms with E-state index in [1.807, 2.05) is 0 Å². The van der Waals surface area contributed by atoms with E-state index in [1.165, 1.54) is 30.3 Å². The lowest BCUT2D eigenvalue weighted by Crippen LogP contribution is -2.31. The fraction of sp³-hybridized carbons (Fsp3) is 0.241. The van der Waals surface area contributed by atoms with E-state index in [1.54, 1.807) is 10.6 Å². The molecule has 222 valence electrons. The van der Waals surface area contributed by atoms with Gasteiger partial charge in [-0.1, -0.05) is 6.07 Å². The Bertz CT molecular complexity index is 1830. The summed E-state index contributed by atoms with van der Waals surface area (Å²) in [5.41, 5.74) is 1.10. The molecule has 1 atom stereocenters. The number of halogens is 5. The summed E-state index contributed by atoms with van der Waals surface area (Å²) in [4.78, 5) is 23.1. The van der Waals surface area contributed by atoms with Crippen LogP contribution < -0.4 is 4.74 Å². The molecule has 5 aromatic rings. The number of carboxylic acids is 1. The van der Waals surface area contributed by atoms with Crippen molar-refractivity contribution in [3.63, 3.8) is 0 Å². The molecule has 14 heteroatoms. The van der Waals surface area contributed by atoms with Gasteiger partial charge in [0.2, 0.25) is 5.88 Å². The van der Waals surface area contributed by atoms with Gasteiger partial charge in [-0.15, -0.1) is 11.3 Å². The Labute approximate surface area is 244 Å². The van der Waals surface area contributed by atoms with E-state index in [2.05, 4.69) is 15.0 Å². The predicted octanol–water partition coefficient (Wildman–Crippen LogP) is 6.51. The van der Waals surface area contributed by atoms with E-state index in [9.17, 15) is 23.1 Å². The average Bonchev–Trinajstić information content (AvgIpc) is 3.56. The maximum absolute atomic E-state index is 15.4. The molecule has 0 unspecified atom stereocenters. The number of imidazole rings is 1. The standard InChI is InChI=1S/C29H21F5N4O4S/c30-19-11-18(21-2-1-3-26(37-21)42-14-27-35-12-24(43-27)29(32,33)34)20(31)8-16(19)10-25-36-22-5-4-15(28(39)40)9-23(22)38(25)13-17-6-7-41-17/h1-5,8-9,11-12,17H,6-7,10,13-14H2,(H,39,40)/t17-/m0/s1. The van der Waals surface area contributed by atoms with E-state index < -0.39 is 28.7 Å². The van der Waals surface area contributed by atoms with Crippen molar-refractivity contribution >= 4 is 28.3 Å². The number of aromatic carboxylic acids is 1. The van der Waals surface area contributed by atoms with Crippen molar-refractivity contribution in [1.82, 2.24) is 19.5 Å². The summed E-state index contributed by atoms with van der Waals surface area (Å²) in [6.45, 7) is 0.707. The highest BCUT2D eigenvalue weighted by Gasteiger charge is 2.33. The number of alkyl halides is 3. The lowest BCUT2D eigenvalue weighted by molar-refractivity contribution is -0.134. The molecule has 2 aromatic carbocycles. The third-order valence-corrected chi connectivity index (χ3v) is 7.93. The first-order chi connectivity index (χ1) is 20.5. The van der Waals surface area contributed by atoms with Gasteiger partial charge in [0, 0.05) is 24.7 Å². The normalized spacial score (nSPS) is 15.0. The molecule has 1 fully saturated rings. The van der Waals surface area contributed by atoms with Gasteiger partial charge < -0.3 is 19.1 Å². The Balaban J connectivity index is 1.25. The number of pyridine rings is 1. The molecule has 1 saturated heterocycles. The Morgan fingerprint density at radius 3 is 2.63 bits per heavy atom. The summed E-state index contributed by atoms with van der Waals surface area (Å²) < 4.78 is 82.0. The van der Waals surface area contributed by atoms with E-state index >= 15 is 8.78 Å². The number of hydrogen-bond acceptors (Lipinski definition) is 7. The van der Waals surface area contributed by atoms with Crippen molar-refractivity contribution < 1.29 is 41.3 Å². The minimum atomic E-state index is -4.51. The first-order valence-corrected chi connectivity index (χ1v) is 13.8. The highest BCUT2D eigenvalue weighted by Crippen LogP contribution is 2.34. The molecule has 0 saturated carbocycles. The van der Waals surface area contributed by atoms with Gasteiger partial charge >= 0.3 is 12.1 Å². The fourth-order valence-electron chi connectivity index (χ4n) is 4.66. The lowest BCUT2D eigenvalue weighted by Gasteiger charge is -2.27. The maximum Gasteiger partial charge on any atom is 0.427 e. The molecule has 4 heterocycles. The average molecular weight is 617 g/mol. The fourth-order valence-corrected chi connectivity index (χ4v) is 5.35. The third-order valence-electron chi connectivity index (χ3n) is 6.91. The summed E-state index contributed by atoms with van der Waals surface area (Å²) in [5.74, 6) is -2.14. The first-order valence-electron chi connectivity index (χ1n) is 13.0. The van der Waals surface area contributed by atoms with Gasteiger partial charge in [0.1, 0.15) is 34.0 Å². The van der Waals surface area contributed by atoms with Crippen LogP contribution in [0, 0.1) is 11.6 Å². The van der Waals surface area contributed by atoms with Crippen LogP contribution in [0.2, 0.25) is 0 Å². The van der Waals surface area contributed by atoms with Crippen LogP contribution >= 0.6 is 11.3 Å². The van der Waals surface area contributed by atoms with E-state index in [0.29, 0.717) is 41.3 Å². The van der Waals surface area contributed by atoms with Crippen molar-refractivity contribution in [3.8, 4) is 17.1 Å².